The average Bonchev–Trinajstić information content (AvgIpc) is 2.64. The first-order chi connectivity index (χ1) is 12.7. The van der Waals surface area contributed by atoms with E-state index in [1.165, 1.54) is 5.56 Å². The monoisotopic (exact) mass is 488 g/mol. The largest absolute Gasteiger partial charge is 0.377 e. The van der Waals surface area contributed by atoms with Gasteiger partial charge in [-0.2, -0.15) is 0 Å². The molecular weight excluding hydrogens is 455 g/mol. The Hall–Kier alpha value is -1.35. The Morgan fingerprint density at radius 2 is 2.11 bits per heavy atom. The molecule has 1 aromatic carbocycles. The molecule has 1 saturated heterocycles. The number of hydrogen-bond acceptors (Lipinski definition) is 3. The number of aliphatic imine (C=N–C) groups is 1. The third-order valence-corrected chi connectivity index (χ3v) is 4.63. The Morgan fingerprint density at radius 1 is 1.33 bits per heavy atom. The Labute approximate surface area is 179 Å². The molecule has 1 atom stereocenters. The van der Waals surface area contributed by atoms with Crippen LogP contribution in [0.15, 0.2) is 35.3 Å². The van der Waals surface area contributed by atoms with Gasteiger partial charge in [-0.15, -0.1) is 24.0 Å². The van der Waals surface area contributed by atoms with Gasteiger partial charge >= 0.3 is 0 Å². The smallest absolute Gasteiger partial charge is 0.217 e. The second-order valence-corrected chi connectivity index (χ2v) is 6.84. The summed E-state index contributed by atoms with van der Waals surface area (Å²) in [5.74, 6) is 1.05. The van der Waals surface area contributed by atoms with Crippen LogP contribution in [0.2, 0.25) is 0 Å². The molecule has 0 aromatic heterocycles. The van der Waals surface area contributed by atoms with Crippen molar-refractivity contribution in [1.29, 1.82) is 0 Å². The zero-order valence-corrected chi connectivity index (χ0v) is 18.6. The number of unbranched alkanes of at least 4 members (excludes halogenated alkanes) is 1. The maximum Gasteiger partial charge on any atom is 0.217 e. The van der Waals surface area contributed by atoms with E-state index < -0.39 is 0 Å². The maximum absolute atomic E-state index is 11.1. The second-order valence-electron chi connectivity index (χ2n) is 6.84. The molecular formula is C20H33IN4O2. The van der Waals surface area contributed by atoms with Crippen LogP contribution in [0.25, 0.3) is 0 Å². The van der Waals surface area contributed by atoms with Gasteiger partial charge < -0.3 is 20.7 Å². The van der Waals surface area contributed by atoms with Gasteiger partial charge in [0.2, 0.25) is 5.91 Å². The Balaban J connectivity index is 0.00000364. The summed E-state index contributed by atoms with van der Waals surface area (Å²) in [6.07, 6.45) is 4.65. The fourth-order valence-electron chi connectivity index (χ4n) is 3.33. The highest BCUT2D eigenvalue weighted by Crippen LogP contribution is 2.19. The molecule has 1 amide bonds. The molecule has 27 heavy (non-hydrogen) atoms. The van der Waals surface area contributed by atoms with E-state index in [0.717, 1.165) is 57.9 Å². The van der Waals surface area contributed by atoms with Crippen LogP contribution in [0, 0.1) is 5.92 Å². The molecule has 152 valence electrons. The van der Waals surface area contributed by atoms with Gasteiger partial charge in [0, 0.05) is 39.7 Å². The second kappa shape index (κ2) is 13.8. The molecule has 1 aromatic rings. The number of benzene rings is 1. The number of likely N-dealkylation sites (tertiary alicyclic amines) is 1. The number of carbonyl (C=O) groups is 1. The molecule has 1 fully saturated rings. The number of amides is 1. The molecule has 1 aliphatic heterocycles. The zero-order valence-electron chi connectivity index (χ0n) is 16.2. The minimum atomic E-state index is -0.213. The van der Waals surface area contributed by atoms with E-state index in [4.69, 9.17) is 10.5 Å². The van der Waals surface area contributed by atoms with E-state index in [9.17, 15) is 4.79 Å². The van der Waals surface area contributed by atoms with Gasteiger partial charge in [0.1, 0.15) is 0 Å². The molecule has 0 aliphatic carbocycles. The lowest BCUT2D eigenvalue weighted by molar-refractivity contribution is -0.119. The van der Waals surface area contributed by atoms with Gasteiger partial charge in [0.25, 0.3) is 0 Å². The van der Waals surface area contributed by atoms with Crippen LogP contribution in [-0.2, 0) is 16.1 Å². The van der Waals surface area contributed by atoms with E-state index >= 15 is 0 Å². The standard InChI is InChI=1S/C20H32N4O2.HI/c1-22-20(24-12-7-10-18(15-24)14-19(21)25)23-11-5-6-13-26-16-17-8-3-2-4-9-17;/h2-4,8-9,18H,5-7,10-16H2,1H3,(H2,21,25)(H,22,23);1H. The van der Waals surface area contributed by atoms with Gasteiger partial charge in [0.05, 0.1) is 6.61 Å². The third-order valence-electron chi connectivity index (χ3n) is 4.63. The summed E-state index contributed by atoms with van der Waals surface area (Å²) in [5, 5.41) is 3.43. The molecule has 0 radical (unpaired) electrons. The number of rotatable bonds is 9. The van der Waals surface area contributed by atoms with E-state index in [-0.39, 0.29) is 29.9 Å². The van der Waals surface area contributed by atoms with E-state index in [1.54, 1.807) is 0 Å². The lowest BCUT2D eigenvalue weighted by Crippen LogP contribution is -2.47. The zero-order chi connectivity index (χ0) is 18.6. The molecule has 0 saturated carbocycles. The fourth-order valence-corrected chi connectivity index (χ4v) is 3.33. The molecule has 7 heteroatoms. The molecule has 2 rings (SSSR count). The number of carbonyl (C=O) groups excluding carboxylic acids is 1. The number of hydrogen-bond donors (Lipinski definition) is 2. The van der Waals surface area contributed by atoms with Gasteiger partial charge in [0.15, 0.2) is 5.96 Å². The number of nitrogens with one attached hydrogen (secondary N) is 1. The predicted molar refractivity (Wildman–Crippen MR) is 120 cm³/mol. The Morgan fingerprint density at radius 3 is 2.81 bits per heavy atom. The highest BCUT2D eigenvalue weighted by Gasteiger charge is 2.23. The van der Waals surface area contributed by atoms with Crippen molar-refractivity contribution in [3.8, 4) is 0 Å². The minimum Gasteiger partial charge on any atom is -0.377 e. The average molecular weight is 488 g/mol. The number of primary amides is 1. The van der Waals surface area contributed by atoms with Gasteiger partial charge in [-0.05, 0) is 37.2 Å². The maximum atomic E-state index is 11.1. The predicted octanol–water partition coefficient (Wildman–Crippen LogP) is 2.76. The first-order valence-electron chi connectivity index (χ1n) is 9.54. The summed E-state index contributed by atoms with van der Waals surface area (Å²) < 4.78 is 5.71. The number of nitrogens with two attached hydrogens (primary N) is 1. The molecule has 1 unspecified atom stereocenters. The van der Waals surface area contributed by atoms with Crippen LogP contribution < -0.4 is 11.1 Å². The van der Waals surface area contributed by atoms with Crippen molar-refractivity contribution in [2.24, 2.45) is 16.6 Å². The molecule has 1 heterocycles. The first-order valence-corrected chi connectivity index (χ1v) is 9.54. The SMILES string of the molecule is CN=C(NCCCCOCc1ccccc1)N1CCCC(CC(N)=O)C1.I. The molecule has 1 aliphatic rings. The first kappa shape index (κ1) is 23.7. The fraction of sp³-hybridized carbons (Fsp3) is 0.600. The number of ether oxygens (including phenoxy) is 1. The van der Waals surface area contributed by atoms with Crippen molar-refractivity contribution < 1.29 is 9.53 Å². The van der Waals surface area contributed by atoms with Crippen LogP contribution in [0.4, 0.5) is 0 Å². The van der Waals surface area contributed by atoms with Crippen LogP contribution in [0.1, 0.15) is 37.7 Å². The van der Waals surface area contributed by atoms with Crippen molar-refractivity contribution in [1.82, 2.24) is 10.2 Å². The molecule has 0 bridgehead atoms. The third kappa shape index (κ3) is 9.41. The van der Waals surface area contributed by atoms with Crippen LogP contribution >= 0.6 is 24.0 Å². The van der Waals surface area contributed by atoms with Gasteiger partial charge in [-0.1, -0.05) is 30.3 Å². The number of halogens is 1. The van der Waals surface area contributed by atoms with Crippen molar-refractivity contribution >= 4 is 35.8 Å². The summed E-state index contributed by atoms with van der Waals surface area (Å²) >= 11 is 0. The number of piperidine rings is 1. The Kier molecular flexibility index (Phi) is 12.1. The van der Waals surface area contributed by atoms with Crippen molar-refractivity contribution in [3.05, 3.63) is 35.9 Å². The van der Waals surface area contributed by atoms with Crippen molar-refractivity contribution in [2.75, 3.05) is 33.3 Å². The highest BCUT2D eigenvalue weighted by atomic mass is 127. The molecule has 3 N–H and O–H groups in total. The van der Waals surface area contributed by atoms with Gasteiger partial charge in [-0.25, -0.2) is 0 Å². The van der Waals surface area contributed by atoms with E-state index in [2.05, 4.69) is 27.3 Å². The molecule has 6 nitrogen and oxygen atoms in total. The summed E-state index contributed by atoms with van der Waals surface area (Å²) in [6.45, 7) is 4.14. The normalized spacial score (nSPS) is 17.3. The Bertz CT molecular complexity index is 568. The van der Waals surface area contributed by atoms with Crippen molar-refractivity contribution in [2.45, 2.75) is 38.7 Å². The van der Waals surface area contributed by atoms with Crippen LogP contribution in [-0.4, -0.2) is 50.1 Å². The highest BCUT2D eigenvalue weighted by molar-refractivity contribution is 14.0. The lowest BCUT2D eigenvalue weighted by atomic mass is 9.95. The summed E-state index contributed by atoms with van der Waals surface area (Å²) in [6, 6.07) is 10.2. The van der Waals surface area contributed by atoms with Crippen LogP contribution in [0.3, 0.4) is 0 Å². The van der Waals surface area contributed by atoms with Crippen LogP contribution in [0.5, 0.6) is 0 Å². The van der Waals surface area contributed by atoms with E-state index in [0.29, 0.717) is 18.9 Å². The lowest BCUT2D eigenvalue weighted by Gasteiger charge is -2.34. The summed E-state index contributed by atoms with van der Waals surface area (Å²) in [5.41, 5.74) is 6.55. The van der Waals surface area contributed by atoms with Crippen molar-refractivity contribution in [3.63, 3.8) is 0 Å². The number of nitrogens with zero attached hydrogens (tertiary/aromatic N) is 2. The van der Waals surface area contributed by atoms with Gasteiger partial charge in [-0.3, -0.25) is 9.79 Å². The minimum absolute atomic E-state index is 0. The summed E-state index contributed by atoms with van der Waals surface area (Å²) in [7, 11) is 1.81. The number of guanidine groups is 1. The van der Waals surface area contributed by atoms with E-state index in [1.807, 2.05) is 25.2 Å². The quantitative estimate of drug-likeness (QED) is 0.243. The summed E-state index contributed by atoms with van der Waals surface area (Å²) in [4.78, 5) is 17.8. The topological polar surface area (TPSA) is 80.0 Å². The molecule has 0 spiro atoms.